The summed E-state index contributed by atoms with van der Waals surface area (Å²) < 4.78 is 0. The summed E-state index contributed by atoms with van der Waals surface area (Å²) in [5, 5.41) is 0. The summed E-state index contributed by atoms with van der Waals surface area (Å²) in [6.07, 6.45) is 8.76. The van der Waals surface area contributed by atoms with Gasteiger partial charge in [0.2, 0.25) is 0 Å². The SMILES string of the molecule is C=C(C)c1c(C)ccc(CCCCCCc2ccc(CC(C)(C)C)c(C)c2)c1C. The molecule has 2 rings (SSSR count). The van der Waals surface area contributed by atoms with E-state index >= 15 is 0 Å². The normalized spacial score (nSPS) is 11.7. The quantitative estimate of drug-likeness (QED) is 0.376. The molecule has 29 heavy (non-hydrogen) atoms. The molecule has 0 radical (unpaired) electrons. The van der Waals surface area contributed by atoms with E-state index in [9.17, 15) is 0 Å². The van der Waals surface area contributed by atoms with Crippen molar-refractivity contribution in [3.63, 3.8) is 0 Å². The molecule has 0 aliphatic carbocycles. The highest BCUT2D eigenvalue weighted by Gasteiger charge is 2.13. The molecule has 0 atom stereocenters. The van der Waals surface area contributed by atoms with Crippen LogP contribution in [0.5, 0.6) is 0 Å². The summed E-state index contributed by atoms with van der Waals surface area (Å²) in [6.45, 7) is 20.0. The van der Waals surface area contributed by atoms with E-state index in [1.807, 2.05) is 0 Å². The Morgan fingerprint density at radius 3 is 2.00 bits per heavy atom. The van der Waals surface area contributed by atoms with Gasteiger partial charge in [-0.15, -0.1) is 0 Å². The molecule has 158 valence electrons. The average molecular weight is 391 g/mol. The zero-order valence-corrected chi connectivity index (χ0v) is 20.0. The van der Waals surface area contributed by atoms with Crippen molar-refractivity contribution < 1.29 is 0 Å². The number of rotatable bonds is 9. The zero-order valence-electron chi connectivity index (χ0n) is 20.0. The van der Waals surface area contributed by atoms with Crippen molar-refractivity contribution in [1.82, 2.24) is 0 Å². The first kappa shape index (κ1) is 23.5. The van der Waals surface area contributed by atoms with Crippen molar-refractivity contribution in [2.75, 3.05) is 0 Å². The van der Waals surface area contributed by atoms with Gasteiger partial charge in [0.1, 0.15) is 0 Å². The third-order valence-electron chi connectivity index (χ3n) is 6.00. The molecule has 0 spiro atoms. The molecule has 0 saturated heterocycles. The molecule has 0 nitrogen and oxygen atoms in total. The molecule has 0 heteroatoms. The minimum Gasteiger partial charge on any atom is -0.0955 e. The van der Waals surface area contributed by atoms with Gasteiger partial charge in [0.15, 0.2) is 0 Å². The number of hydrogen-bond acceptors (Lipinski definition) is 0. The number of unbranched alkanes of at least 4 members (excludes halogenated alkanes) is 3. The Labute approximate surface area is 180 Å². The summed E-state index contributed by atoms with van der Waals surface area (Å²) in [6, 6.07) is 11.7. The molecule has 2 aromatic carbocycles. The molecule has 0 bridgehead atoms. The van der Waals surface area contributed by atoms with Crippen LogP contribution in [0, 0.1) is 26.2 Å². The minimum atomic E-state index is 0.354. The second-order valence-electron chi connectivity index (χ2n) is 10.2. The summed E-state index contributed by atoms with van der Waals surface area (Å²) in [5.74, 6) is 0. The van der Waals surface area contributed by atoms with Gasteiger partial charge in [-0.05, 0) is 104 Å². The van der Waals surface area contributed by atoms with Crippen LogP contribution < -0.4 is 0 Å². The molecule has 2 aromatic rings. The van der Waals surface area contributed by atoms with Gasteiger partial charge >= 0.3 is 0 Å². The molecule has 0 amide bonds. The van der Waals surface area contributed by atoms with Gasteiger partial charge in [0, 0.05) is 0 Å². The predicted octanol–water partition coefficient (Wildman–Crippen LogP) is 8.58. The van der Waals surface area contributed by atoms with Gasteiger partial charge in [-0.1, -0.05) is 76.1 Å². The summed E-state index contributed by atoms with van der Waals surface area (Å²) in [7, 11) is 0. The van der Waals surface area contributed by atoms with Crippen LogP contribution in [0.15, 0.2) is 36.9 Å². The maximum absolute atomic E-state index is 4.17. The Hall–Kier alpha value is -1.82. The molecule has 0 aliphatic heterocycles. The second kappa shape index (κ2) is 10.3. The van der Waals surface area contributed by atoms with Crippen LogP contribution in [0.4, 0.5) is 0 Å². The Bertz CT molecular complexity index is 830. The van der Waals surface area contributed by atoms with Crippen molar-refractivity contribution in [2.45, 2.75) is 93.4 Å². The van der Waals surface area contributed by atoms with Crippen molar-refractivity contribution in [1.29, 1.82) is 0 Å². The van der Waals surface area contributed by atoms with E-state index in [2.05, 4.69) is 85.4 Å². The van der Waals surface area contributed by atoms with E-state index < -0.39 is 0 Å². The number of benzene rings is 2. The van der Waals surface area contributed by atoms with E-state index in [0.29, 0.717) is 5.41 Å². The van der Waals surface area contributed by atoms with E-state index in [-0.39, 0.29) is 0 Å². The molecule has 0 fully saturated rings. The third kappa shape index (κ3) is 7.18. The minimum absolute atomic E-state index is 0.354. The topological polar surface area (TPSA) is 0 Å². The van der Waals surface area contributed by atoms with Gasteiger partial charge in [0.25, 0.3) is 0 Å². The van der Waals surface area contributed by atoms with Crippen molar-refractivity contribution in [2.24, 2.45) is 5.41 Å². The lowest BCUT2D eigenvalue weighted by Gasteiger charge is -2.20. The second-order valence-corrected chi connectivity index (χ2v) is 10.2. The van der Waals surface area contributed by atoms with Crippen molar-refractivity contribution in [3.8, 4) is 0 Å². The highest BCUT2D eigenvalue weighted by molar-refractivity contribution is 5.68. The lowest BCUT2D eigenvalue weighted by molar-refractivity contribution is 0.410. The summed E-state index contributed by atoms with van der Waals surface area (Å²) >= 11 is 0. The number of allylic oxidation sites excluding steroid dienone is 1. The molecule has 0 aromatic heterocycles. The highest BCUT2D eigenvalue weighted by Crippen LogP contribution is 2.26. The van der Waals surface area contributed by atoms with Crippen LogP contribution in [0.1, 0.15) is 92.3 Å². The van der Waals surface area contributed by atoms with E-state index in [0.717, 1.165) is 6.42 Å². The van der Waals surface area contributed by atoms with Crippen LogP contribution in [-0.2, 0) is 19.3 Å². The van der Waals surface area contributed by atoms with Gasteiger partial charge in [-0.2, -0.15) is 0 Å². The Morgan fingerprint density at radius 1 is 0.793 bits per heavy atom. The molecule has 0 aliphatic rings. The van der Waals surface area contributed by atoms with E-state index in [4.69, 9.17) is 0 Å². The lowest BCUT2D eigenvalue weighted by atomic mass is 9.86. The van der Waals surface area contributed by atoms with Crippen LogP contribution in [0.2, 0.25) is 0 Å². The summed E-state index contributed by atoms with van der Waals surface area (Å²) in [4.78, 5) is 0. The highest BCUT2D eigenvalue weighted by atomic mass is 14.2. The predicted molar refractivity (Wildman–Crippen MR) is 131 cm³/mol. The first-order valence-electron chi connectivity index (χ1n) is 11.4. The Morgan fingerprint density at radius 2 is 1.41 bits per heavy atom. The number of aryl methyl sites for hydroxylation is 4. The van der Waals surface area contributed by atoms with Crippen LogP contribution in [0.3, 0.4) is 0 Å². The van der Waals surface area contributed by atoms with E-state index in [1.165, 1.54) is 83.0 Å². The van der Waals surface area contributed by atoms with E-state index in [1.54, 1.807) is 0 Å². The van der Waals surface area contributed by atoms with Crippen molar-refractivity contribution in [3.05, 3.63) is 75.9 Å². The standard InChI is InChI=1S/C29H42/c1-21(2)28-22(3)15-17-26(24(28)5)14-12-10-9-11-13-25-16-18-27(23(4)19-25)20-29(6,7)8/h15-19H,1,9-14,20H2,2-8H3. The van der Waals surface area contributed by atoms with Gasteiger partial charge in [-0.3, -0.25) is 0 Å². The summed E-state index contributed by atoms with van der Waals surface area (Å²) in [5.41, 5.74) is 11.7. The molecular weight excluding hydrogens is 348 g/mol. The molecule has 0 unspecified atom stereocenters. The smallest absolute Gasteiger partial charge is 0.0172 e. The maximum Gasteiger partial charge on any atom is -0.0172 e. The fourth-order valence-electron chi connectivity index (χ4n) is 4.50. The fraction of sp³-hybridized carbons (Fsp3) is 0.517. The maximum atomic E-state index is 4.17. The van der Waals surface area contributed by atoms with Crippen LogP contribution in [0.25, 0.3) is 5.57 Å². The van der Waals surface area contributed by atoms with Gasteiger partial charge in [0.05, 0.1) is 0 Å². The first-order valence-corrected chi connectivity index (χ1v) is 11.4. The lowest BCUT2D eigenvalue weighted by Crippen LogP contribution is -2.10. The number of hydrogen-bond donors (Lipinski definition) is 0. The van der Waals surface area contributed by atoms with Crippen LogP contribution in [-0.4, -0.2) is 0 Å². The first-order chi connectivity index (χ1) is 13.6. The monoisotopic (exact) mass is 390 g/mol. The van der Waals surface area contributed by atoms with Crippen LogP contribution >= 0.6 is 0 Å². The molecule has 0 N–H and O–H groups in total. The van der Waals surface area contributed by atoms with Gasteiger partial charge in [-0.25, -0.2) is 0 Å². The fourth-order valence-corrected chi connectivity index (χ4v) is 4.50. The zero-order chi connectivity index (χ0) is 21.6. The molecular formula is C29H42. The molecule has 0 saturated carbocycles. The molecule has 0 heterocycles. The largest absolute Gasteiger partial charge is 0.0955 e. The Kier molecular flexibility index (Phi) is 8.32. The third-order valence-corrected chi connectivity index (χ3v) is 6.00. The van der Waals surface area contributed by atoms with Crippen molar-refractivity contribution >= 4 is 5.57 Å². The van der Waals surface area contributed by atoms with Gasteiger partial charge < -0.3 is 0 Å². The Balaban J connectivity index is 1.77. The average Bonchev–Trinajstić information content (AvgIpc) is 2.60.